The van der Waals surface area contributed by atoms with Crippen LogP contribution in [-0.2, 0) is 4.74 Å². The van der Waals surface area contributed by atoms with E-state index in [2.05, 4.69) is 0 Å². The summed E-state index contributed by atoms with van der Waals surface area (Å²) in [5, 5.41) is 8.93. The van der Waals surface area contributed by atoms with Crippen LogP contribution >= 0.6 is 0 Å². The minimum absolute atomic E-state index is 0.194. The van der Waals surface area contributed by atoms with E-state index in [1.54, 1.807) is 0 Å². The minimum atomic E-state index is -0.487. The number of hydrogen-bond donors (Lipinski definition) is 1. The average molecular weight is 187 g/mol. The summed E-state index contributed by atoms with van der Waals surface area (Å²) in [6.45, 7) is 5.19. The van der Waals surface area contributed by atoms with E-state index >= 15 is 0 Å². The van der Waals surface area contributed by atoms with Crippen molar-refractivity contribution in [1.29, 1.82) is 0 Å². The van der Waals surface area contributed by atoms with Gasteiger partial charge in [0.1, 0.15) is 12.3 Å². The molecule has 1 aliphatic rings. The Hall–Kier alpha value is -0.770. The van der Waals surface area contributed by atoms with Crippen molar-refractivity contribution in [1.82, 2.24) is 4.90 Å². The van der Waals surface area contributed by atoms with Crippen molar-refractivity contribution < 1.29 is 14.6 Å². The van der Waals surface area contributed by atoms with E-state index in [1.165, 1.54) is 4.90 Å². The molecule has 0 aliphatic heterocycles. The first-order valence-electron chi connectivity index (χ1n) is 4.54. The van der Waals surface area contributed by atoms with Gasteiger partial charge < -0.3 is 9.84 Å². The number of ether oxygens (including phenoxy) is 1. The average Bonchev–Trinajstić information content (AvgIpc) is 2.68. The van der Waals surface area contributed by atoms with Crippen LogP contribution in [0.15, 0.2) is 0 Å². The van der Waals surface area contributed by atoms with E-state index in [1.807, 2.05) is 20.8 Å². The summed E-state index contributed by atoms with van der Waals surface area (Å²) in [4.78, 5) is 12.8. The molecule has 0 aromatic carbocycles. The Morgan fingerprint density at radius 2 is 2.08 bits per heavy atom. The molecule has 13 heavy (non-hydrogen) atoms. The Bertz CT molecular complexity index is 194. The van der Waals surface area contributed by atoms with Gasteiger partial charge in [0, 0.05) is 6.04 Å². The van der Waals surface area contributed by atoms with Crippen LogP contribution in [0.4, 0.5) is 4.79 Å². The normalized spacial score (nSPS) is 16.9. The maximum atomic E-state index is 11.4. The zero-order valence-corrected chi connectivity index (χ0v) is 8.41. The Balaban J connectivity index is 2.44. The zero-order valence-electron chi connectivity index (χ0n) is 8.41. The van der Waals surface area contributed by atoms with Gasteiger partial charge in [-0.2, -0.15) is 0 Å². The Morgan fingerprint density at radius 1 is 1.54 bits per heavy atom. The van der Waals surface area contributed by atoms with E-state index in [9.17, 15) is 4.79 Å². The lowest BCUT2D eigenvalue weighted by atomic mass is 10.2. The molecule has 0 saturated heterocycles. The lowest BCUT2D eigenvalue weighted by Gasteiger charge is -2.25. The predicted octanol–water partition coefficient (Wildman–Crippen LogP) is 1.34. The molecule has 0 unspecified atom stereocenters. The zero-order chi connectivity index (χ0) is 10.1. The van der Waals surface area contributed by atoms with Crippen LogP contribution in [0.5, 0.6) is 0 Å². The number of amides is 1. The van der Waals surface area contributed by atoms with Gasteiger partial charge >= 0.3 is 6.09 Å². The maximum absolute atomic E-state index is 11.4. The first-order chi connectivity index (χ1) is 5.94. The highest BCUT2D eigenvalue weighted by molar-refractivity contribution is 5.68. The Kier molecular flexibility index (Phi) is 2.81. The fourth-order valence-electron chi connectivity index (χ4n) is 1.03. The third-order valence-electron chi connectivity index (χ3n) is 1.77. The van der Waals surface area contributed by atoms with E-state index in [-0.39, 0.29) is 12.8 Å². The van der Waals surface area contributed by atoms with Crippen LogP contribution < -0.4 is 0 Å². The molecule has 1 aliphatic carbocycles. The van der Waals surface area contributed by atoms with E-state index < -0.39 is 11.7 Å². The molecule has 1 fully saturated rings. The number of aliphatic hydroxyl groups excluding tert-OH is 1. The third-order valence-corrected chi connectivity index (χ3v) is 1.77. The summed E-state index contributed by atoms with van der Waals surface area (Å²) in [6, 6.07) is 0.194. The van der Waals surface area contributed by atoms with Crippen LogP contribution in [0.25, 0.3) is 0 Å². The van der Waals surface area contributed by atoms with Gasteiger partial charge in [0.25, 0.3) is 0 Å². The molecule has 0 aromatic heterocycles. The molecular formula is C9H17NO3. The number of rotatable bonds is 2. The second-order valence-corrected chi connectivity index (χ2v) is 4.32. The summed E-state index contributed by atoms with van der Waals surface area (Å²) in [5.41, 5.74) is -0.487. The number of nitrogens with zero attached hydrogens (tertiary/aromatic N) is 1. The SMILES string of the molecule is CC(C)(C)OC(=O)N(CO)C1CC1. The Labute approximate surface area is 78.5 Å². The van der Waals surface area contributed by atoms with Crippen molar-refractivity contribution in [3.8, 4) is 0 Å². The largest absolute Gasteiger partial charge is 0.444 e. The molecule has 1 N–H and O–H groups in total. The van der Waals surface area contributed by atoms with Crippen LogP contribution in [-0.4, -0.2) is 34.5 Å². The van der Waals surface area contributed by atoms with Crippen LogP contribution in [0, 0.1) is 0 Å². The quantitative estimate of drug-likeness (QED) is 0.663. The number of hydrogen-bond acceptors (Lipinski definition) is 3. The van der Waals surface area contributed by atoms with Crippen molar-refractivity contribution in [3.05, 3.63) is 0 Å². The second-order valence-electron chi connectivity index (χ2n) is 4.32. The topological polar surface area (TPSA) is 49.8 Å². The van der Waals surface area contributed by atoms with Crippen molar-refractivity contribution in [2.45, 2.75) is 45.3 Å². The van der Waals surface area contributed by atoms with Crippen LogP contribution in [0.1, 0.15) is 33.6 Å². The van der Waals surface area contributed by atoms with Gasteiger partial charge in [-0.1, -0.05) is 0 Å². The van der Waals surface area contributed by atoms with E-state index in [4.69, 9.17) is 9.84 Å². The molecule has 0 atom stereocenters. The van der Waals surface area contributed by atoms with Crippen molar-refractivity contribution in [2.75, 3.05) is 6.73 Å². The second kappa shape index (κ2) is 3.54. The molecule has 0 bridgehead atoms. The highest BCUT2D eigenvalue weighted by atomic mass is 16.6. The molecule has 0 heterocycles. The monoisotopic (exact) mass is 187 g/mol. The summed E-state index contributed by atoms with van der Waals surface area (Å²) in [7, 11) is 0. The maximum Gasteiger partial charge on any atom is 0.412 e. The van der Waals surface area contributed by atoms with E-state index in [0.717, 1.165) is 12.8 Å². The van der Waals surface area contributed by atoms with Crippen LogP contribution in [0.2, 0.25) is 0 Å². The lowest BCUT2D eigenvalue weighted by molar-refractivity contribution is 0.00387. The van der Waals surface area contributed by atoms with Crippen molar-refractivity contribution >= 4 is 6.09 Å². The number of aliphatic hydroxyl groups is 1. The van der Waals surface area contributed by atoms with Gasteiger partial charge in [-0.05, 0) is 33.6 Å². The van der Waals surface area contributed by atoms with Crippen molar-refractivity contribution in [2.24, 2.45) is 0 Å². The molecule has 1 amide bonds. The summed E-state index contributed by atoms with van der Waals surface area (Å²) < 4.78 is 5.12. The molecule has 0 radical (unpaired) electrons. The number of carbonyl (C=O) groups is 1. The van der Waals surface area contributed by atoms with Gasteiger partial charge in [0.2, 0.25) is 0 Å². The summed E-state index contributed by atoms with van der Waals surface area (Å²) >= 11 is 0. The minimum Gasteiger partial charge on any atom is -0.444 e. The molecule has 4 nitrogen and oxygen atoms in total. The van der Waals surface area contributed by atoms with E-state index in [0.29, 0.717) is 0 Å². The Morgan fingerprint density at radius 3 is 2.38 bits per heavy atom. The highest BCUT2D eigenvalue weighted by Crippen LogP contribution is 2.27. The summed E-state index contributed by atoms with van der Waals surface area (Å²) in [5.74, 6) is 0. The van der Waals surface area contributed by atoms with Gasteiger partial charge in [-0.25, -0.2) is 4.79 Å². The smallest absolute Gasteiger partial charge is 0.412 e. The van der Waals surface area contributed by atoms with Gasteiger partial charge in [0.15, 0.2) is 0 Å². The van der Waals surface area contributed by atoms with Gasteiger partial charge in [0.05, 0.1) is 0 Å². The first kappa shape index (κ1) is 10.3. The summed E-state index contributed by atoms with van der Waals surface area (Å²) in [6.07, 6.45) is 1.53. The fourth-order valence-corrected chi connectivity index (χ4v) is 1.03. The van der Waals surface area contributed by atoms with Crippen LogP contribution in [0.3, 0.4) is 0 Å². The molecule has 0 spiro atoms. The molecule has 0 aromatic rings. The van der Waals surface area contributed by atoms with Gasteiger partial charge in [-0.3, -0.25) is 4.90 Å². The lowest BCUT2D eigenvalue weighted by Crippen LogP contribution is -2.38. The molecular weight excluding hydrogens is 170 g/mol. The van der Waals surface area contributed by atoms with Crippen molar-refractivity contribution in [3.63, 3.8) is 0 Å². The standard InChI is InChI=1S/C9H17NO3/c1-9(2,3)13-8(12)10(6-11)7-4-5-7/h7,11H,4-6H2,1-3H3. The molecule has 1 rings (SSSR count). The predicted molar refractivity (Wildman–Crippen MR) is 48.2 cm³/mol. The number of carbonyl (C=O) groups excluding carboxylic acids is 1. The molecule has 76 valence electrons. The third kappa shape index (κ3) is 3.22. The highest BCUT2D eigenvalue weighted by Gasteiger charge is 2.34. The van der Waals surface area contributed by atoms with Gasteiger partial charge in [-0.15, -0.1) is 0 Å². The first-order valence-corrected chi connectivity index (χ1v) is 4.54. The fraction of sp³-hybridized carbons (Fsp3) is 0.889. The molecule has 4 heteroatoms. The molecule has 1 saturated carbocycles.